The van der Waals surface area contributed by atoms with Crippen molar-refractivity contribution in [3.05, 3.63) is 95.3 Å². The van der Waals surface area contributed by atoms with E-state index < -0.39 is 40.2 Å². The molecular weight excluding hydrogens is 493 g/mol. The van der Waals surface area contributed by atoms with Gasteiger partial charge in [0, 0.05) is 18.6 Å². The van der Waals surface area contributed by atoms with Gasteiger partial charge in [-0.2, -0.15) is 0 Å². The maximum atomic E-state index is 13.6. The summed E-state index contributed by atoms with van der Waals surface area (Å²) >= 11 is 6.11. The summed E-state index contributed by atoms with van der Waals surface area (Å²) < 4.78 is 41.4. The van der Waals surface area contributed by atoms with Crippen molar-refractivity contribution in [2.75, 3.05) is 17.9 Å². The standard InChI is InChI=1S/C25H25ClFN3O4S/c1-18(25(32)28-2)29(16-19-11-13-21(27)14-12-19)24(31)17-30(22-8-6-7-20(26)15-22)35(33,34)23-9-4-3-5-10-23/h3-15,18H,16-17H2,1-2H3,(H,28,32). The van der Waals surface area contributed by atoms with Gasteiger partial charge in [0.1, 0.15) is 18.4 Å². The monoisotopic (exact) mass is 517 g/mol. The number of nitrogens with zero attached hydrogens (tertiary/aromatic N) is 2. The Hall–Kier alpha value is -3.43. The summed E-state index contributed by atoms with van der Waals surface area (Å²) in [5.74, 6) is -1.49. The molecule has 0 aliphatic heterocycles. The zero-order chi connectivity index (χ0) is 25.6. The number of halogens is 2. The molecule has 0 aromatic heterocycles. The SMILES string of the molecule is CNC(=O)C(C)N(Cc1ccc(F)cc1)C(=O)CN(c1cccc(Cl)c1)S(=O)(=O)c1ccccc1. The van der Waals surface area contributed by atoms with E-state index in [1.54, 1.807) is 30.3 Å². The number of nitrogens with one attached hydrogen (secondary N) is 1. The second kappa shape index (κ2) is 11.3. The van der Waals surface area contributed by atoms with Crippen molar-refractivity contribution in [3.8, 4) is 0 Å². The Morgan fingerprint density at radius 3 is 2.26 bits per heavy atom. The number of anilines is 1. The Morgan fingerprint density at radius 1 is 1.00 bits per heavy atom. The molecule has 0 spiro atoms. The van der Waals surface area contributed by atoms with E-state index in [9.17, 15) is 22.4 Å². The number of carbonyl (C=O) groups is 2. The largest absolute Gasteiger partial charge is 0.357 e. The molecule has 0 saturated heterocycles. The lowest BCUT2D eigenvalue weighted by Gasteiger charge is -2.31. The molecule has 35 heavy (non-hydrogen) atoms. The molecule has 10 heteroatoms. The summed E-state index contributed by atoms with van der Waals surface area (Å²) in [5, 5.41) is 2.80. The van der Waals surface area contributed by atoms with Crippen LogP contribution < -0.4 is 9.62 Å². The quantitative estimate of drug-likeness (QED) is 0.467. The van der Waals surface area contributed by atoms with Crippen LogP contribution in [0.3, 0.4) is 0 Å². The Kier molecular flexibility index (Phi) is 8.48. The zero-order valence-electron chi connectivity index (χ0n) is 19.2. The highest BCUT2D eigenvalue weighted by molar-refractivity contribution is 7.92. The first-order chi connectivity index (χ1) is 16.6. The fourth-order valence-corrected chi connectivity index (χ4v) is 5.07. The Bertz CT molecular complexity index is 1290. The number of sulfonamides is 1. The van der Waals surface area contributed by atoms with Crippen molar-refractivity contribution in [2.45, 2.75) is 24.4 Å². The van der Waals surface area contributed by atoms with E-state index in [-0.39, 0.29) is 17.1 Å². The minimum absolute atomic E-state index is 0.00258. The topological polar surface area (TPSA) is 86.8 Å². The Balaban J connectivity index is 2.01. The molecule has 3 aromatic carbocycles. The molecule has 1 N–H and O–H groups in total. The van der Waals surface area contributed by atoms with Gasteiger partial charge in [-0.05, 0) is 55.0 Å². The highest BCUT2D eigenvalue weighted by Gasteiger charge is 2.32. The number of hydrogen-bond acceptors (Lipinski definition) is 4. The number of hydrogen-bond donors (Lipinski definition) is 1. The van der Waals surface area contributed by atoms with Gasteiger partial charge in [0.2, 0.25) is 11.8 Å². The molecule has 0 heterocycles. The average molecular weight is 518 g/mol. The summed E-state index contributed by atoms with van der Waals surface area (Å²) in [6, 6.07) is 18.5. The van der Waals surface area contributed by atoms with Crippen LogP contribution in [0, 0.1) is 5.82 Å². The van der Waals surface area contributed by atoms with Crippen LogP contribution >= 0.6 is 11.6 Å². The van der Waals surface area contributed by atoms with E-state index in [4.69, 9.17) is 11.6 Å². The molecule has 0 fully saturated rings. The van der Waals surface area contributed by atoms with Crippen LogP contribution in [0.1, 0.15) is 12.5 Å². The molecule has 0 radical (unpaired) electrons. The van der Waals surface area contributed by atoms with E-state index in [0.29, 0.717) is 10.6 Å². The van der Waals surface area contributed by atoms with Crippen molar-refractivity contribution in [1.82, 2.24) is 10.2 Å². The molecule has 184 valence electrons. The Morgan fingerprint density at radius 2 is 1.66 bits per heavy atom. The predicted molar refractivity (Wildman–Crippen MR) is 133 cm³/mol. The fourth-order valence-electron chi connectivity index (χ4n) is 3.46. The molecule has 0 bridgehead atoms. The van der Waals surface area contributed by atoms with Crippen molar-refractivity contribution >= 4 is 39.1 Å². The number of amides is 2. The van der Waals surface area contributed by atoms with Crippen LogP contribution in [0.25, 0.3) is 0 Å². The first kappa shape index (κ1) is 26.2. The van der Waals surface area contributed by atoms with Crippen LogP contribution in [0.4, 0.5) is 10.1 Å². The summed E-state index contributed by atoms with van der Waals surface area (Å²) in [4.78, 5) is 27.2. The lowest BCUT2D eigenvalue weighted by Crippen LogP contribution is -2.50. The summed E-state index contributed by atoms with van der Waals surface area (Å²) in [6.07, 6.45) is 0. The summed E-state index contributed by atoms with van der Waals surface area (Å²) in [7, 11) is -2.71. The highest BCUT2D eigenvalue weighted by Crippen LogP contribution is 2.26. The molecule has 2 amide bonds. The third-order valence-electron chi connectivity index (χ3n) is 5.39. The summed E-state index contributed by atoms with van der Waals surface area (Å²) in [5.41, 5.74) is 0.778. The fraction of sp³-hybridized carbons (Fsp3) is 0.200. The molecule has 1 unspecified atom stereocenters. The van der Waals surface area contributed by atoms with Crippen molar-refractivity contribution in [1.29, 1.82) is 0 Å². The number of benzene rings is 3. The molecule has 0 aliphatic carbocycles. The predicted octanol–water partition coefficient (Wildman–Crippen LogP) is 3.84. The molecule has 3 rings (SSSR count). The van der Waals surface area contributed by atoms with Gasteiger partial charge in [-0.15, -0.1) is 0 Å². The first-order valence-corrected chi connectivity index (χ1v) is 12.5. The van der Waals surface area contributed by atoms with Gasteiger partial charge in [-0.25, -0.2) is 12.8 Å². The van der Waals surface area contributed by atoms with E-state index >= 15 is 0 Å². The van der Waals surface area contributed by atoms with Crippen LogP contribution in [0.5, 0.6) is 0 Å². The third kappa shape index (κ3) is 6.37. The maximum absolute atomic E-state index is 13.6. The number of rotatable bonds is 9. The minimum Gasteiger partial charge on any atom is -0.357 e. The third-order valence-corrected chi connectivity index (χ3v) is 7.41. The second-order valence-electron chi connectivity index (χ2n) is 7.74. The van der Waals surface area contributed by atoms with Crippen LogP contribution in [-0.4, -0.2) is 44.8 Å². The van der Waals surface area contributed by atoms with Crippen LogP contribution in [-0.2, 0) is 26.2 Å². The molecule has 1 atom stereocenters. The van der Waals surface area contributed by atoms with Crippen molar-refractivity contribution in [3.63, 3.8) is 0 Å². The first-order valence-electron chi connectivity index (χ1n) is 10.7. The van der Waals surface area contributed by atoms with Gasteiger partial charge < -0.3 is 10.2 Å². The molecule has 7 nitrogen and oxygen atoms in total. The zero-order valence-corrected chi connectivity index (χ0v) is 20.8. The molecule has 0 saturated carbocycles. The van der Waals surface area contributed by atoms with Gasteiger partial charge >= 0.3 is 0 Å². The maximum Gasteiger partial charge on any atom is 0.264 e. The van der Waals surface area contributed by atoms with Gasteiger partial charge in [-0.3, -0.25) is 13.9 Å². The van der Waals surface area contributed by atoms with Gasteiger partial charge in [0.15, 0.2) is 0 Å². The number of carbonyl (C=O) groups excluding carboxylic acids is 2. The minimum atomic E-state index is -4.15. The lowest BCUT2D eigenvalue weighted by atomic mass is 10.1. The second-order valence-corrected chi connectivity index (χ2v) is 10.0. The van der Waals surface area contributed by atoms with E-state index in [1.807, 2.05) is 0 Å². The molecular formula is C25H25ClFN3O4S. The molecule has 0 aliphatic rings. The van der Waals surface area contributed by atoms with Crippen LogP contribution in [0.2, 0.25) is 5.02 Å². The van der Waals surface area contributed by atoms with E-state index in [2.05, 4.69) is 5.32 Å². The molecule has 3 aromatic rings. The normalized spacial score (nSPS) is 12.0. The average Bonchev–Trinajstić information content (AvgIpc) is 2.86. The van der Waals surface area contributed by atoms with E-state index in [0.717, 1.165) is 4.31 Å². The van der Waals surface area contributed by atoms with Gasteiger partial charge in [0.25, 0.3) is 10.0 Å². The Labute approximate surface area is 209 Å². The van der Waals surface area contributed by atoms with E-state index in [1.165, 1.54) is 67.4 Å². The van der Waals surface area contributed by atoms with Crippen molar-refractivity contribution < 1.29 is 22.4 Å². The lowest BCUT2D eigenvalue weighted by molar-refractivity contribution is -0.139. The smallest absolute Gasteiger partial charge is 0.264 e. The van der Waals surface area contributed by atoms with Crippen molar-refractivity contribution in [2.24, 2.45) is 0 Å². The van der Waals surface area contributed by atoms with Crippen LogP contribution in [0.15, 0.2) is 83.8 Å². The highest BCUT2D eigenvalue weighted by atomic mass is 35.5. The van der Waals surface area contributed by atoms with Gasteiger partial charge in [0.05, 0.1) is 10.6 Å². The number of likely N-dealkylation sites (N-methyl/N-ethyl adjacent to an activating group) is 1. The van der Waals surface area contributed by atoms with Gasteiger partial charge in [-0.1, -0.05) is 48.0 Å². The summed E-state index contributed by atoms with van der Waals surface area (Å²) in [6.45, 7) is 0.929.